The van der Waals surface area contributed by atoms with Crippen molar-refractivity contribution in [3.63, 3.8) is 0 Å². The molecular weight excluding hydrogens is 386 g/mol. The van der Waals surface area contributed by atoms with E-state index in [9.17, 15) is 18.4 Å². The zero-order chi connectivity index (χ0) is 19.1. The van der Waals surface area contributed by atoms with E-state index in [2.05, 4.69) is 10.3 Å². The lowest BCUT2D eigenvalue weighted by atomic mass is 10.1. The third-order valence-electron chi connectivity index (χ3n) is 3.25. The molecule has 0 radical (unpaired) electrons. The highest BCUT2D eigenvalue weighted by Crippen LogP contribution is 2.26. The molecule has 9 heteroatoms. The fraction of sp³-hybridized carbons (Fsp3) is 0.235. The van der Waals surface area contributed by atoms with E-state index in [1.165, 1.54) is 18.3 Å². The van der Waals surface area contributed by atoms with Crippen molar-refractivity contribution in [2.75, 3.05) is 6.61 Å². The molecule has 5 nitrogen and oxygen atoms in total. The Morgan fingerprint density at radius 2 is 2.08 bits per heavy atom. The molecule has 0 aliphatic heterocycles. The van der Waals surface area contributed by atoms with Crippen LogP contribution < -0.4 is 5.32 Å². The van der Waals surface area contributed by atoms with Crippen molar-refractivity contribution in [3.8, 4) is 0 Å². The molecule has 138 valence electrons. The fourth-order valence-electron chi connectivity index (χ4n) is 2.08. The molecule has 0 bridgehead atoms. The number of esters is 1. The molecule has 1 heterocycles. The molecule has 0 aliphatic rings. The summed E-state index contributed by atoms with van der Waals surface area (Å²) in [6, 6.07) is 9.37. The Balaban J connectivity index is 1.92. The van der Waals surface area contributed by atoms with E-state index in [0.29, 0.717) is 5.02 Å². The molecule has 2 rings (SSSR count). The maximum Gasteiger partial charge on any atom is 0.341 e. The normalized spacial score (nSPS) is 11.9. The minimum Gasteiger partial charge on any atom is -0.452 e. The Hall–Kier alpha value is -2.19. The number of alkyl halides is 2. The van der Waals surface area contributed by atoms with Crippen molar-refractivity contribution >= 4 is 35.2 Å². The maximum absolute atomic E-state index is 12.5. The Bertz CT molecular complexity index is 792. The van der Waals surface area contributed by atoms with Crippen LogP contribution in [0.1, 0.15) is 28.9 Å². The molecule has 0 saturated carbocycles. The van der Waals surface area contributed by atoms with Crippen LogP contribution in [0.3, 0.4) is 0 Å². The van der Waals surface area contributed by atoms with Crippen molar-refractivity contribution in [2.24, 2.45) is 0 Å². The molecule has 1 aromatic carbocycles. The Morgan fingerprint density at radius 1 is 1.31 bits per heavy atom. The number of nitrogens with one attached hydrogen (secondary N) is 1. The van der Waals surface area contributed by atoms with E-state index in [1.54, 1.807) is 31.2 Å². The van der Waals surface area contributed by atoms with Gasteiger partial charge in [-0.05, 0) is 48.5 Å². The van der Waals surface area contributed by atoms with E-state index >= 15 is 0 Å². The summed E-state index contributed by atoms with van der Waals surface area (Å²) in [5.41, 5.74) is 0.675. The minimum atomic E-state index is -2.72. The zero-order valence-electron chi connectivity index (χ0n) is 13.6. The monoisotopic (exact) mass is 400 g/mol. The third kappa shape index (κ3) is 5.96. The number of aromatic nitrogens is 1. The number of halogens is 3. The van der Waals surface area contributed by atoms with Crippen LogP contribution >= 0.6 is 23.4 Å². The van der Waals surface area contributed by atoms with Gasteiger partial charge in [0.2, 0.25) is 0 Å². The van der Waals surface area contributed by atoms with Gasteiger partial charge in [-0.25, -0.2) is 9.78 Å². The van der Waals surface area contributed by atoms with Gasteiger partial charge in [0.05, 0.1) is 11.6 Å². The van der Waals surface area contributed by atoms with E-state index in [4.69, 9.17) is 16.3 Å². The number of hydrogen-bond donors (Lipinski definition) is 1. The number of benzene rings is 1. The predicted molar refractivity (Wildman–Crippen MR) is 94.4 cm³/mol. The highest BCUT2D eigenvalue weighted by atomic mass is 35.5. The van der Waals surface area contributed by atoms with Gasteiger partial charge in [-0.1, -0.05) is 23.7 Å². The average molecular weight is 401 g/mol. The first-order valence-corrected chi connectivity index (χ1v) is 8.74. The second kappa shape index (κ2) is 9.49. The standard InChI is InChI=1S/C17H15ClF2N2O3S/c1-10(11-4-2-5-12(18)8-11)22-14(23)9-25-16(24)13-6-3-7-21-15(13)26-17(19)20/h2-8,10,17H,9H2,1H3,(H,22,23)/t10-/m0/s1. The number of nitrogens with zero attached hydrogens (tertiary/aromatic N) is 1. The van der Waals surface area contributed by atoms with Gasteiger partial charge >= 0.3 is 5.97 Å². The quantitative estimate of drug-likeness (QED) is 0.560. The summed E-state index contributed by atoms with van der Waals surface area (Å²) >= 11 is 6.04. The average Bonchev–Trinajstić information content (AvgIpc) is 2.59. The first kappa shape index (κ1) is 20.1. The van der Waals surface area contributed by atoms with Gasteiger partial charge < -0.3 is 10.1 Å². The Kier molecular flexibility index (Phi) is 7.35. The van der Waals surface area contributed by atoms with Crippen LogP contribution in [0.4, 0.5) is 8.78 Å². The van der Waals surface area contributed by atoms with Crippen LogP contribution in [0.2, 0.25) is 5.02 Å². The number of pyridine rings is 1. The van der Waals surface area contributed by atoms with Gasteiger partial charge in [-0.2, -0.15) is 8.78 Å². The van der Waals surface area contributed by atoms with E-state index < -0.39 is 24.2 Å². The molecule has 26 heavy (non-hydrogen) atoms. The summed E-state index contributed by atoms with van der Waals surface area (Å²) < 4.78 is 29.9. The van der Waals surface area contributed by atoms with Crippen LogP contribution in [0.5, 0.6) is 0 Å². The lowest BCUT2D eigenvalue weighted by Crippen LogP contribution is -2.31. The largest absolute Gasteiger partial charge is 0.452 e. The highest BCUT2D eigenvalue weighted by Gasteiger charge is 2.19. The summed E-state index contributed by atoms with van der Waals surface area (Å²) in [5.74, 6) is -4.15. The number of ether oxygens (including phenoxy) is 1. The number of thioether (sulfide) groups is 1. The van der Waals surface area contributed by atoms with Gasteiger partial charge in [-0.15, -0.1) is 0 Å². The van der Waals surface area contributed by atoms with Crippen molar-refractivity contribution < 1.29 is 23.1 Å². The van der Waals surface area contributed by atoms with Crippen molar-refractivity contribution in [1.29, 1.82) is 0 Å². The van der Waals surface area contributed by atoms with Gasteiger partial charge in [0.15, 0.2) is 6.61 Å². The summed E-state index contributed by atoms with van der Waals surface area (Å²) in [7, 11) is 0. The van der Waals surface area contributed by atoms with Crippen molar-refractivity contribution in [2.45, 2.75) is 23.7 Å². The summed E-state index contributed by atoms with van der Waals surface area (Å²) in [5, 5.41) is 3.05. The second-order valence-corrected chi connectivity index (χ2v) is 6.57. The van der Waals surface area contributed by atoms with Gasteiger partial charge in [0.1, 0.15) is 5.03 Å². The minimum absolute atomic E-state index is 0.117. The number of amides is 1. The second-order valence-electron chi connectivity index (χ2n) is 5.15. The summed E-state index contributed by atoms with van der Waals surface area (Å²) in [6.45, 7) is 1.21. The molecule has 1 atom stereocenters. The maximum atomic E-state index is 12.5. The molecule has 0 fully saturated rings. The smallest absolute Gasteiger partial charge is 0.341 e. The Labute approximate surface area is 158 Å². The first-order valence-electron chi connectivity index (χ1n) is 7.48. The number of rotatable bonds is 7. The first-order chi connectivity index (χ1) is 12.4. The van der Waals surface area contributed by atoms with Gasteiger partial charge in [0.25, 0.3) is 11.7 Å². The van der Waals surface area contributed by atoms with E-state index in [-0.39, 0.29) is 28.4 Å². The lowest BCUT2D eigenvalue weighted by molar-refractivity contribution is -0.124. The van der Waals surface area contributed by atoms with Gasteiger partial charge in [0, 0.05) is 11.2 Å². The molecule has 0 spiro atoms. The van der Waals surface area contributed by atoms with E-state index in [0.717, 1.165) is 5.56 Å². The van der Waals surface area contributed by atoms with E-state index in [1.807, 2.05) is 0 Å². The third-order valence-corrected chi connectivity index (χ3v) is 4.21. The van der Waals surface area contributed by atoms with Crippen LogP contribution in [0, 0.1) is 0 Å². The molecule has 1 N–H and O–H groups in total. The molecule has 2 aromatic rings. The zero-order valence-corrected chi connectivity index (χ0v) is 15.2. The Morgan fingerprint density at radius 3 is 2.77 bits per heavy atom. The number of carbonyl (C=O) groups excluding carboxylic acids is 2. The number of hydrogen-bond acceptors (Lipinski definition) is 5. The van der Waals surface area contributed by atoms with Crippen LogP contribution in [-0.2, 0) is 9.53 Å². The van der Waals surface area contributed by atoms with Crippen LogP contribution in [0.15, 0.2) is 47.6 Å². The molecular formula is C17H15ClF2N2O3S. The summed E-state index contributed by atoms with van der Waals surface area (Å²) in [4.78, 5) is 27.7. The van der Waals surface area contributed by atoms with Crippen molar-refractivity contribution in [3.05, 3.63) is 58.7 Å². The summed E-state index contributed by atoms with van der Waals surface area (Å²) in [6.07, 6.45) is 1.29. The van der Waals surface area contributed by atoms with Crippen LogP contribution in [0.25, 0.3) is 0 Å². The van der Waals surface area contributed by atoms with Crippen LogP contribution in [-0.4, -0.2) is 29.2 Å². The molecule has 1 aromatic heterocycles. The molecule has 0 saturated heterocycles. The predicted octanol–water partition coefficient (Wildman–Crippen LogP) is 4.08. The lowest BCUT2D eigenvalue weighted by Gasteiger charge is -2.15. The molecule has 1 amide bonds. The number of carbonyl (C=O) groups is 2. The van der Waals surface area contributed by atoms with Gasteiger partial charge in [-0.3, -0.25) is 4.79 Å². The molecule has 0 unspecified atom stereocenters. The SMILES string of the molecule is C[C@H](NC(=O)COC(=O)c1cccnc1SC(F)F)c1cccc(Cl)c1. The fourth-order valence-corrected chi connectivity index (χ4v) is 2.84. The molecule has 0 aliphatic carbocycles. The van der Waals surface area contributed by atoms with Crippen molar-refractivity contribution in [1.82, 2.24) is 10.3 Å². The highest BCUT2D eigenvalue weighted by molar-refractivity contribution is 7.99. The topological polar surface area (TPSA) is 68.3 Å².